The highest BCUT2D eigenvalue weighted by molar-refractivity contribution is 7.96. The van der Waals surface area contributed by atoms with Crippen LogP contribution in [0.25, 0.3) is 0 Å². The molecular weight excluding hydrogens is 444 g/mol. The summed E-state index contributed by atoms with van der Waals surface area (Å²) in [7, 11) is -4.76. The Balaban J connectivity index is 1.74. The van der Waals surface area contributed by atoms with Crippen LogP contribution in [0.1, 0.15) is 50.7 Å². The summed E-state index contributed by atoms with van der Waals surface area (Å²) in [4.78, 5) is 1.21. The molecule has 0 bridgehead atoms. The molecule has 0 saturated heterocycles. The van der Waals surface area contributed by atoms with Crippen molar-refractivity contribution >= 4 is 21.3 Å². The van der Waals surface area contributed by atoms with Gasteiger partial charge in [0.05, 0.1) is 6.10 Å². The van der Waals surface area contributed by atoms with Crippen molar-refractivity contribution < 1.29 is 22.3 Å². The van der Waals surface area contributed by atoms with Crippen molar-refractivity contribution in [2.75, 3.05) is 5.75 Å². The Labute approximate surface area is 195 Å². The molecule has 32 heavy (non-hydrogen) atoms. The number of phenolic OH excluding ortho intramolecular Hbond substituents is 1. The minimum absolute atomic E-state index is 0.0516. The second kappa shape index (κ2) is 11.1. The van der Waals surface area contributed by atoms with E-state index in [0.29, 0.717) is 12.3 Å². The largest absolute Gasteiger partial charge is 0.726 e. The molecule has 5 nitrogen and oxygen atoms in total. The van der Waals surface area contributed by atoms with Gasteiger partial charge in [0.25, 0.3) is 0 Å². The van der Waals surface area contributed by atoms with Gasteiger partial charge < -0.3 is 9.66 Å². The Morgan fingerprint density at radius 1 is 1.16 bits per heavy atom. The molecule has 1 aliphatic rings. The molecule has 1 N–H and O–H groups in total. The lowest BCUT2D eigenvalue weighted by molar-refractivity contribution is 0.0364. The summed E-state index contributed by atoms with van der Waals surface area (Å²) in [5.74, 6) is 2.83. The quantitative estimate of drug-likeness (QED) is 0.305. The summed E-state index contributed by atoms with van der Waals surface area (Å²) in [6, 6.07) is 15.9. The summed E-state index contributed by atoms with van der Waals surface area (Å²) in [6.45, 7) is 6.37. The van der Waals surface area contributed by atoms with Gasteiger partial charge in [0.1, 0.15) is 17.3 Å². The van der Waals surface area contributed by atoms with E-state index in [4.69, 9.17) is 4.18 Å². The van der Waals surface area contributed by atoms with Crippen molar-refractivity contribution in [2.24, 2.45) is 17.8 Å². The summed E-state index contributed by atoms with van der Waals surface area (Å²) >= 11 is 0. The van der Waals surface area contributed by atoms with Crippen molar-refractivity contribution in [3.8, 4) is 5.75 Å². The third-order valence-corrected chi connectivity index (χ3v) is 9.47. The predicted molar refractivity (Wildman–Crippen MR) is 128 cm³/mol. The van der Waals surface area contributed by atoms with Crippen LogP contribution in [0.2, 0.25) is 0 Å². The molecule has 2 aromatic carbocycles. The predicted octanol–water partition coefficient (Wildman–Crippen LogP) is 5.19. The summed E-state index contributed by atoms with van der Waals surface area (Å²) in [6.07, 6.45) is 2.92. The lowest BCUT2D eigenvalue weighted by Crippen LogP contribution is -2.37. The molecule has 1 aliphatic carbocycles. The Kier molecular flexibility index (Phi) is 8.67. The maximum Gasteiger partial charge on any atom is 0.217 e. The van der Waals surface area contributed by atoms with Crippen LogP contribution in [0.15, 0.2) is 53.4 Å². The second-order valence-corrected chi connectivity index (χ2v) is 12.3. The maximum atomic E-state index is 11.3. The first-order chi connectivity index (χ1) is 15.1. The van der Waals surface area contributed by atoms with Crippen LogP contribution in [0.4, 0.5) is 0 Å². The minimum Gasteiger partial charge on any atom is -0.726 e. The first kappa shape index (κ1) is 25.1. The van der Waals surface area contributed by atoms with Gasteiger partial charge in [0.15, 0.2) is 4.90 Å². The molecule has 2 aromatic rings. The van der Waals surface area contributed by atoms with Crippen molar-refractivity contribution in [1.29, 1.82) is 0 Å². The number of aryl methyl sites for hydroxylation is 1. The van der Waals surface area contributed by atoms with Crippen LogP contribution in [0, 0.1) is 24.7 Å². The number of benzene rings is 2. The second-order valence-electron chi connectivity index (χ2n) is 9.15. The van der Waals surface area contributed by atoms with Crippen LogP contribution in [0.3, 0.4) is 0 Å². The molecule has 1 saturated carbocycles. The summed E-state index contributed by atoms with van der Waals surface area (Å²) < 4.78 is 38.9. The first-order valence-electron chi connectivity index (χ1n) is 11.3. The molecule has 0 aliphatic heterocycles. The molecule has 5 atom stereocenters. The van der Waals surface area contributed by atoms with Crippen molar-refractivity contribution in [2.45, 2.75) is 63.2 Å². The number of rotatable bonds is 9. The highest BCUT2D eigenvalue weighted by Gasteiger charge is 2.36. The van der Waals surface area contributed by atoms with Crippen LogP contribution in [-0.2, 0) is 31.2 Å². The van der Waals surface area contributed by atoms with E-state index in [9.17, 15) is 18.1 Å². The zero-order chi connectivity index (χ0) is 23.3. The Bertz CT molecular complexity index is 974. The third kappa shape index (κ3) is 7.24. The van der Waals surface area contributed by atoms with Crippen molar-refractivity contribution in [3.05, 3.63) is 59.7 Å². The first-order valence-corrected chi connectivity index (χ1v) is 14.2. The smallest absolute Gasteiger partial charge is 0.217 e. The molecule has 0 heterocycles. The average Bonchev–Trinajstić information content (AvgIpc) is 2.72. The molecule has 0 spiro atoms. The van der Waals surface area contributed by atoms with E-state index in [1.165, 1.54) is 16.0 Å². The van der Waals surface area contributed by atoms with E-state index in [1.54, 1.807) is 12.1 Å². The molecule has 0 radical (unpaired) electrons. The molecule has 176 valence electrons. The zero-order valence-electron chi connectivity index (χ0n) is 19.1. The van der Waals surface area contributed by atoms with Gasteiger partial charge in [-0.25, -0.2) is 8.42 Å². The molecule has 3 rings (SSSR count). The van der Waals surface area contributed by atoms with Gasteiger partial charge in [-0.05, 0) is 73.8 Å². The van der Waals surface area contributed by atoms with Gasteiger partial charge in [-0.3, -0.25) is 4.18 Å². The van der Waals surface area contributed by atoms with Gasteiger partial charge >= 0.3 is 0 Å². The van der Waals surface area contributed by atoms with E-state index in [1.807, 2.05) is 18.2 Å². The van der Waals surface area contributed by atoms with Crippen LogP contribution >= 0.6 is 0 Å². The van der Waals surface area contributed by atoms with Gasteiger partial charge in [0.2, 0.25) is 10.4 Å². The minimum atomic E-state index is -4.71. The third-order valence-electron chi connectivity index (χ3n) is 6.66. The fraction of sp³-hybridized carbons (Fsp3) is 0.520. The van der Waals surface area contributed by atoms with E-state index in [0.717, 1.165) is 30.8 Å². The van der Waals surface area contributed by atoms with Gasteiger partial charge in [0, 0.05) is 16.5 Å². The number of phenols is 1. The lowest BCUT2D eigenvalue weighted by Gasteiger charge is -2.38. The molecule has 0 aromatic heterocycles. The van der Waals surface area contributed by atoms with E-state index < -0.39 is 16.5 Å². The molecule has 0 amide bonds. The van der Waals surface area contributed by atoms with E-state index in [-0.39, 0.29) is 28.5 Å². The lowest BCUT2D eigenvalue weighted by atomic mass is 9.74. The zero-order valence-corrected chi connectivity index (χ0v) is 20.7. The Morgan fingerprint density at radius 3 is 2.50 bits per heavy atom. The standard InChI is InChI=1S/C25H34O5S2/c1-18-8-13-24(25(16-18)30-32(27,28)29)20(3)14-15-31(23-11-9-22(26)10-12-23)17-21-7-5-4-6-19(21)2/h4-7,9-12,18,20,24-25H,8,13-17H2,1-3H3,(H-,26,27,28,29). The number of hydrogen-bond donors (Lipinski definition) is 1. The average molecular weight is 479 g/mol. The van der Waals surface area contributed by atoms with Gasteiger partial charge in [-0.1, -0.05) is 44.5 Å². The van der Waals surface area contributed by atoms with Gasteiger partial charge in [-0.2, -0.15) is 0 Å². The van der Waals surface area contributed by atoms with Crippen LogP contribution in [0.5, 0.6) is 5.75 Å². The van der Waals surface area contributed by atoms with E-state index >= 15 is 0 Å². The summed E-state index contributed by atoms with van der Waals surface area (Å²) in [5, 5.41) is 9.72. The molecule has 5 unspecified atom stereocenters. The normalized spacial score (nSPS) is 23.6. The van der Waals surface area contributed by atoms with Crippen LogP contribution < -0.4 is 0 Å². The maximum absolute atomic E-state index is 11.3. The van der Waals surface area contributed by atoms with Crippen LogP contribution in [-0.4, -0.2) is 29.9 Å². The molecular formula is C25H34O5S2. The molecule has 7 heteroatoms. The van der Waals surface area contributed by atoms with E-state index in [2.05, 4.69) is 39.0 Å². The molecule has 1 fully saturated rings. The highest BCUT2D eigenvalue weighted by atomic mass is 32.3. The van der Waals surface area contributed by atoms with Gasteiger partial charge in [-0.15, -0.1) is 0 Å². The van der Waals surface area contributed by atoms with Crippen molar-refractivity contribution in [1.82, 2.24) is 0 Å². The highest BCUT2D eigenvalue weighted by Crippen LogP contribution is 2.38. The number of hydrogen-bond acceptors (Lipinski definition) is 5. The Morgan fingerprint density at radius 2 is 1.84 bits per heavy atom. The fourth-order valence-electron chi connectivity index (χ4n) is 4.68. The monoisotopic (exact) mass is 478 g/mol. The van der Waals surface area contributed by atoms with Crippen molar-refractivity contribution in [3.63, 3.8) is 0 Å². The fourth-order valence-corrected chi connectivity index (χ4v) is 7.63. The Hall–Kier alpha value is -1.54. The SMILES string of the molecule is Cc1ccccc1C[S+](CCC(C)C1CCC(C)CC1OS(=O)(=O)[O-])c1ccc(O)cc1. The number of aromatic hydroxyl groups is 1. The summed E-state index contributed by atoms with van der Waals surface area (Å²) in [5.41, 5.74) is 2.59. The topological polar surface area (TPSA) is 86.7 Å².